The number of carbonyl (C=O) groups excluding carboxylic acids is 3. The summed E-state index contributed by atoms with van der Waals surface area (Å²) in [6.45, 7) is 6.59. The molecule has 0 aromatic rings. The van der Waals surface area contributed by atoms with E-state index in [0.717, 1.165) is 64.2 Å². The number of esters is 3. The molecule has 0 aliphatic carbocycles. The van der Waals surface area contributed by atoms with Gasteiger partial charge in [-0.1, -0.05) is 233 Å². The predicted molar refractivity (Wildman–Crippen MR) is 229 cm³/mol. The third-order valence-electron chi connectivity index (χ3n) is 10.9. The number of carbonyl (C=O) groups is 3. The second-order valence-electron chi connectivity index (χ2n) is 16.4. The first-order valence-electron chi connectivity index (χ1n) is 24.0. The molecule has 1 atom stereocenters. The van der Waals surface area contributed by atoms with E-state index in [9.17, 15) is 14.4 Å². The number of ether oxygens (including phenoxy) is 3. The minimum Gasteiger partial charge on any atom is -0.462 e. The summed E-state index contributed by atoms with van der Waals surface area (Å²) < 4.78 is 16.6. The number of rotatable bonds is 44. The first-order valence-corrected chi connectivity index (χ1v) is 24.0. The van der Waals surface area contributed by atoms with Crippen LogP contribution in [0.15, 0.2) is 0 Å². The van der Waals surface area contributed by atoms with Gasteiger partial charge in [-0.15, -0.1) is 0 Å². The molecular formula is C48H92O6. The Morgan fingerprint density at radius 3 is 0.741 bits per heavy atom. The Morgan fingerprint density at radius 1 is 0.296 bits per heavy atom. The highest BCUT2D eigenvalue weighted by Gasteiger charge is 2.19. The van der Waals surface area contributed by atoms with Crippen molar-refractivity contribution >= 4 is 17.9 Å². The molecule has 0 unspecified atom stereocenters. The quantitative estimate of drug-likeness (QED) is 0.0349. The molecule has 0 aliphatic heterocycles. The largest absolute Gasteiger partial charge is 0.462 e. The average molecular weight is 765 g/mol. The highest BCUT2D eigenvalue weighted by molar-refractivity contribution is 5.71. The molecule has 0 rings (SSSR count). The van der Waals surface area contributed by atoms with Crippen LogP contribution in [0.3, 0.4) is 0 Å². The van der Waals surface area contributed by atoms with Gasteiger partial charge in [0.1, 0.15) is 13.2 Å². The minimum absolute atomic E-state index is 0.0634. The Kier molecular flexibility index (Phi) is 42.8. The Morgan fingerprint density at radius 2 is 0.500 bits per heavy atom. The van der Waals surface area contributed by atoms with Crippen molar-refractivity contribution in [2.45, 2.75) is 277 Å². The van der Waals surface area contributed by atoms with E-state index >= 15 is 0 Å². The lowest BCUT2D eigenvalue weighted by molar-refractivity contribution is -0.167. The fraction of sp³-hybridized carbons (Fsp3) is 0.938. The van der Waals surface area contributed by atoms with Crippen molar-refractivity contribution in [1.82, 2.24) is 0 Å². The standard InChI is InChI=1S/C48H92O6/c1-4-7-10-13-15-17-19-21-23-24-25-27-28-30-32-35-38-41-47(50)53-44-45(43-52-46(49)40-37-34-12-9-6-3)54-48(51)42-39-36-33-31-29-26-22-20-18-16-14-11-8-5-2/h45H,4-44H2,1-3H3/t45-/m0/s1. The van der Waals surface area contributed by atoms with Gasteiger partial charge >= 0.3 is 17.9 Å². The normalized spacial score (nSPS) is 11.8. The lowest BCUT2D eigenvalue weighted by Gasteiger charge is -2.18. The predicted octanol–water partition coefficient (Wildman–Crippen LogP) is 15.3. The van der Waals surface area contributed by atoms with E-state index in [0.29, 0.717) is 19.3 Å². The Labute approximate surface area is 336 Å². The Balaban J connectivity index is 4.13. The van der Waals surface area contributed by atoms with Crippen LogP contribution in [0.25, 0.3) is 0 Å². The van der Waals surface area contributed by atoms with Gasteiger partial charge in [0.2, 0.25) is 0 Å². The molecule has 0 radical (unpaired) electrons. The topological polar surface area (TPSA) is 78.9 Å². The van der Waals surface area contributed by atoms with Crippen LogP contribution in [0.2, 0.25) is 0 Å². The van der Waals surface area contributed by atoms with Gasteiger partial charge in [0, 0.05) is 19.3 Å². The summed E-state index contributed by atoms with van der Waals surface area (Å²) in [5.41, 5.74) is 0. The van der Waals surface area contributed by atoms with Gasteiger partial charge in [0.15, 0.2) is 6.10 Å². The molecule has 320 valence electrons. The maximum atomic E-state index is 12.7. The molecule has 0 aromatic heterocycles. The van der Waals surface area contributed by atoms with Gasteiger partial charge < -0.3 is 14.2 Å². The molecule has 0 aliphatic rings. The summed E-state index contributed by atoms with van der Waals surface area (Å²) >= 11 is 0. The first kappa shape index (κ1) is 52.4. The van der Waals surface area contributed by atoms with Crippen molar-refractivity contribution in [2.75, 3.05) is 13.2 Å². The van der Waals surface area contributed by atoms with E-state index in [1.165, 1.54) is 167 Å². The summed E-state index contributed by atoms with van der Waals surface area (Å²) in [6, 6.07) is 0. The monoisotopic (exact) mass is 765 g/mol. The lowest BCUT2D eigenvalue weighted by atomic mass is 10.0. The minimum atomic E-state index is -0.757. The Hall–Kier alpha value is -1.59. The zero-order chi connectivity index (χ0) is 39.4. The fourth-order valence-electron chi connectivity index (χ4n) is 7.21. The summed E-state index contributed by atoms with van der Waals surface area (Å²) in [5.74, 6) is -0.862. The van der Waals surface area contributed by atoms with E-state index in [4.69, 9.17) is 14.2 Å². The second-order valence-corrected chi connectivity index (χ2v) is 16.4. The van der Waals surface area contributed by atoms with Crippen LogP contribution in [-0.4, -0.2) is 37.2 Å². The molecule has 0 heterocycles. The van der Waals surface area contributed by atoms with E-state index in [1.807, 2.05) is 0 Å². The Bertz CT molecular complexity index is 798. The van der Waals surface area contributed by atoms with Crippen LogP contribution >= 0.6 is 0 Å². The molecule has 54 heavy (non-hydrogen) atoms. The third-order valence-corrected chi connectivity index (χ3v) is 10.9. The highest BCUT2D eigenvalue weighted by atomic mass is 16.6. The lowest BCUT2D eigenvalue weighted by Crippen LogP contribution is -2.30. The summed E-state index contributed by atoms with van der Waals surface area (Å²) in [5, 5.41) is 0. The van der Waals surface area contributed by atoms with Gasteiger partial charge in [-0.05, 0) is 19.3 Å². The maximum absolute atomic E-state index is 12.7. The van der Waals surface area contributed by atoms with E-state index in [-0.39, 0.29) is 31.1 Å². The van der Waals surface area contributed by atoms with Crippen LogP contribution in [-0.2, 0) is 28.6 Å². The maximum Gasteiger partial charge on any atom is 0.306 e. The van der Waals surface area contributed by atoms with Crippen LogP contribution in [0.4, 0.5) is 0 Å². The second kappa shape index (κ2) is 44.1. The van der Waals surface area contributed by atoms with Crippen molar-refractivity contribution in [2.24, 2.45) is 0 Å². The van der Waals surface area contributed by atoms with E-state index in [1.54, 1.807) is 0 Å². The molecule has 6 nitrogen and oxygen atoms in total. The first-order chi connectivity index (χ1) is 26.5. The van der Waals surface area contributed by atoms with Crippen LogP contribution in [0.5, 0.6) is 0 Å². The molecule has 6 heteroatoms. The SMILES string of the molecule is CCCCCCCCCCCCCCCCCCCC(=O)OC[C@H](COC(=O)CCCCCCC)OC(=O)CCCCCCCCCCCCCCCC. The van der Waals surface area contributed by atoms with Gasteiger partial charge in [-0.2, -0.15) is 0 Å². The van der Waals surface area contributed by atoms with Crippen molar-refractivity contribution < 1.29 is 28.6 Å². The average Bonchev–Trinajstić information content (AvgIpc) is 3.17. The summed E-state index contributed by atoms with van der Waals surface area (Å²) in [7, 11) is 0. The van der Waals surface area contributed by atoms with Gasteiger partial charge in [-0.25, -0.2) is 0 Å². The number of unbranched alkanes of at least 4 members (excludes halogenated alkanes) is 33. The highest BCUT2D eigenvalue weighted by Crippen LogP contribution is 2.16. The van der Waals surface area contributed by atoms with Gasteiger partial charge in [0.05, 0.1) is 0 Å². The molecular weight excluding hydrogens is 673 g/mol. The van der Waals surface area contributed by atoms with Crippen molar-refractivity contribution in [1.29, 1.82) is 0 Å². The molecule has 0 bridgehead atoms. The zero-order valence-electron chi connectivity index (χ0n) is 36.5. The van der Waals surface area contributed by atoms with Crippen molar-refractivity contribution in [3.8, 4) is 0 Å². The molecule has 0 saturated carbocycles. The molecule has 0 fully saturated rings. The van der Waals surface area contributed by atoms with E-state index < -0.39 is 6.10 Å². The molecule has 0 spiro atoms. The molecule has 0 saturated heterocycles. The van der Waals surface area contributed by atoms with Gasteiger partial charge in [-0.3, -0.25) is 14.4 Å². The number of hydrogen-bond acceptors (Lipinski definition) is 6. The summed E-state index contributed by atoms with van der Waals surface area (Å²) in [6.07, 6.45) is 45.4. The third kappa shape index (κ3) is 41.6. The number of hydrogen-bond donors (Lipinski definition) is 0. The van der Waals surface area contributed by atoms with Crippen molar-refractivity contribution in [3.63, 3.8) is 0 Å². The molecule has 0 amide bonds. The summed E-state index contributed by atoms with van der Waals surface area (Å²) in [4.78, 5) is 37.5. The molecule has 0 N–H and O–H groups in total. The van der Waals surface area contributed by atoms with Crippen molar-refractivity contribution in [3.05, 3.63) is 0 Å². The van der Waals surface area contributed by atoms with Crippen LogP contribution in [0.1, 0.15) is 271 Å². The van der Waals surface area contributed by atoms with Crippen LogP contribution in [0, 0.1) is 0 Å². The smallest absolute Gasteiger partial charge is 0.306 e. The zero-order valence-corrected chi connectivity index (χ0v) is 36.5. The van der Waals surface area contributed by atoms with Crippen LogP contribution < -0.4 is 0 Å². The van der Waals surface area contributed by atoms with E-state index in [2.05, 4.69) is 20.8 Å². The molecule has 0 aromatic carbocycles. The fourth-order valence-corrected chi connectivity index (χ4v) is 7.21. The van der Waals surface area contributed by atoms with Gasteiger partial charge in [0.25, 0.3) is 0 Å².